The molecule has 0 aromatic carbocycles. The lowest BCUT2D eigenvalue weighted by Gasteiger charge is -1.78. The number of aromatic nitrogens is 3. The van der Waals surface area contributed by atoms with Crippen LogP contribution in [0.4, 0.5) is 5.95 Å². The van der Waals surface area contributed by atoms with Crippen LogP contribution in [0.1, 0.15) is 5.82 Å². The van der Waals surface area contributed by atoms with Crippen molar-refractivity contribution in [3.05, 3.63) is 11.9 Å². The predicted molar refractivity (Wildman–Crippen MR) is 38.9 cm³/mol. The molecule has 5 nitrogen and oxygen atoms in total. The lowest BCUT2D eigenvalue weighted by atomic mass is 10.5. The Kier molecular flexibility index (Phi) is 2.01. The number of H-pyrrole nitrogens is 1. The summed E-state index contributed by atoms with van der Waals surface area (Å²) in [5, 5.41) is 6.23. The molecule has 1 rings (SSSR count). The number of aromatic amines is 1. The second kappa shape index (κ2) is 2.98. The Balaban J connectivity index is 2.67. The quantitative estimate of drug-likeness (QED) is 0.508. The average Bonchev–Trinajstić information content (AvgIpc) is 2.31. The summed E-state index contributed by atoms with van der Waals surface area (Å²) in [6.45, 7) is 0.487. The number of hydrogen-bond donors (Lipinski definition) is 3. The monoisotopic (exact) mass is 139 g/mol. The van der Waals surface area contributed by atoms with Crippen LogP contribution in [0.3, 0.4) is 0 Å². The third-order valence-electron chi connectivity index (χ3n) is 0.932. The van der Waals surface area contributed by atoms with Gasteiger partial charge in [-0.25, -0.2) is 0 Å². The Bertz CT molecular complexity index is 226. The Morgan fingerprint density at radius 3 is 2.90 bits per heavy atom. The minimum absolute atomic E-state index is 0.247. The van der Waals surface area contributed by atoms with E-state index in [-0.39, 0.29) is 5.95 Å². The molecule has 0 spiro atoms. The van der Waals surface area contributed by atoms with Gasteiger partial charge in [0.1, 0.15) is 5.82 Å². The van der Waals surface area contributed by atoms with Crippen molar-refractivity contribution >= 4 is 12.0 Å². The van der Waals surface area contributed by atoms with Gasteiger partial charge in [-0.05, 0) is 6.08 Å². The third kappa shape index (κ3) is 1.56. The maximum Gasteiger partial charge on any atom is 0.239 e. The second-order valence-corrected chi connectivity index (χ2v) is 1.72. The molecule has 10 heavy (non-hydrogen) atoms. The molecule has 0 radical (unpaired) electrons. The van der Waals surface area contributed by atoms with Gasteiger partial charge in [0.15, 0.2) is 0 Å². The smallest absolute Gasteiger partial charge is 0.239 e. The minimum Gasteiger partial charge on any atom is -0.366 e. The van der Waals surface area contributed by atoms with Crippen LogP contribution in [0, 0.1) is 0 Å². The van der Waals surface area contributed by atoms with Crippen molar-refractivity contribution < 1.29 is 0 Å². The number of nitrogens with one attached hydrogen (secondary N) is 1. The third-order valence-corrected chi connectivity index (χ3v) is 0.932. The van der Waals surface area contributed by atoms with Gasteiger partial charge in [-0.2, -0.15) is 4.98 Å². The van der Waals surface area contributed by atoms with E-state index in [0.717, 1.165) is 0 Å². The van der Waals surface area contributed by atoms with Crippen LogP contribution in [0.5, 0.6) is 0 Å². The number of nitrogen functional groups attached to an aromatic ring is 1. The predicted octanol–water partition coefficient (Wildman–Crippen LogP) is -0.641. The molecule has 0 saturated carbocycles. The first-order chi connectivity index (χ1) is 4.83. The standard InChI is InChI=1S/C5H9N5/c6-3-1-2-4-8-5(7)10-9-4/h1-2H,3,6H2,(H3,7,8,9,10)/b2-1+. The van der Waals surface area contributed by atoms with Gasteiger partial charge in [0.05, 0.1) is 0 Å². The summed E-state index contributed by atoms with van der Waals surface area (Å²) < 4.78 is 0. The fourth-order valence-corrected chi connectivity index (χ4v) is 0.542. The first-order valence-electron chi connectivity index (χ1n) is 2.87. The molecule has 0 atom stereocenters. The molecule has 0 unspecified atom stereocenters. The molecule has 1 aromatic rings. The van der Waals surface area contributed by atoms with Crippen molar-refractivity contribution in [2.24, 2.45) is 5.73 Å². The largest absolute Gasteiger partial charge is 0.366 e. The van der Waals surface area contributed by atoms with Crippen LogP contribution < -0.4 is 11.5 Å². The Morgan fingerprint density at radius 1 is 1.60 bits per heavy atom. The first-order valence-corrected chi connectivity index (χ1v) is 2.87. The molecule has 0 aliphatic rings. The van der Waals surface area contributed by atoms with Gasteiger partial charge < -0.3 is 11.5 Å². The normalized spacial score (nSPS) is 10.9. The van der Waals surface area contributed by atoms with E-state index in [1.54, 1.807) is 12.2 Å². The summed E-state index contributed by atoms with van der Waals surface area (Å²) in [7, 11) is 0. The summed E-state index contributed by atoms with van der Waals surface area (Å²) in [4.78, 5) is 3.82. The van der Waals surface area contributed by atoms with Crippen molar-refractivity contribution in [2.45, 2.75) is 0 Å². The number of anilines is 1. The van der Waals surface area contributed by atoms with Crippen LogP contribution >= 0.6 is 0 Å². The van der Waals surface area contributed by atoms with Crippen molar-refractivity contribution in [1.82, 2.24) is 15.2 Å². The molecule has 0 aliphatic carbocycles. The molecule has 1 heterocycles. The van der Waals surface area contributed by atoms with Gasteiger partial charge in [-0.1, -0.05) is 6.08 Å². The van der Waals surface area contributed by atoms with Crippen molar-refractivity contribution in [1.29, 1.82) is 0 Å². The van der Waals surface area contributed by atoms with Crippen molar-refractivity contribution in [3.63, 3.8) is 0 Å². The summed E-state index contributed by atoms with van der Waals surface area (Å²) in [5.41, 5.74) is 10.4. The van der Waals surface area contributed by atoms with Crippen LogP contribution in [0.15, 0.2) is 6.08 Å². The molecular formula is C5H9N5. The first kappa shape index (κ1) is 6.76. The highest BCUT2D eigenvalue weighted by Gasteiger charge is 1.91. The number of rotatable bonds is 2. The van der Waals surface area contributed by atoms with Crippen molar-refractivity contribution in [2.75, 3.05) is 12.3 Å². The van der Waals surface area contributed by atoms with E-state index in [4.69, 9.17) is 11.5 Å². The summed E-state index contributed by atoms with van der Waals surface area (Å²) in [5.74, 6) is 0.875. The average molecular weight is 139 g/mol. The zero-order chi connectivity index (χ0) is 7.40. The van der Waals surface area contributed by atoms with E-state index in [9.17, 15) is 0 Å². The highest BCUT2D eigenvalue weighted by Crippen LogP contribution is 1.93. The van der Waals surface area contributed by atoms with Crippen molar-refractivity contribution in [3.8, 4) is 0 Å². The number of nitrogens with two attached hydrogens (primary N) is 2. The second-order valence-electron chi connectivity index (χ2n) is 1.72. The number of nitrogens with zero attached hydrogens (tertiary/aromatic N) is 2. The minimum atomic E-state index is 0.247. The summed E-state index contributed by atoms with van der Waals surface area (Å²) >= 11 is 0. The van der Waals surface area contributed by atoms with Crippen LogP contribution in [0.2, 0.25) is 0 Å². The van der Waals surface area contributed by atoms with E-state index in [1.807, 2.05) is 0 Å². The maximum absolute atomic E-state index is 5.23. The fourth-order valence-electron chi connectivity index (χ4n) is 0.542. The van der Waals surface area contributed by atoms with Crippen LogP contribution in [-0.2, 0) is 0 Å². The summed E-state index contributed by atoms with van der Waals surface area (Å²) in [6, 6.07) is 0. The SMILES string of the molecule is NC/C=C/c1nc(N)n[nH]1. The van der Waals surface area contributed by atoms with Gasteiger partial charge in [0, 0.05) is 6.54 Å². The van der Waals surface area contributed by atoms with Crippen LogP contribution in [-0.4, -0.2) is 21.7 Å². The van der Waals surface area contributed by atoms with Gasteiger partial charge in [-0.15, -0.1) is 5.10 Å². The zero-order valence-corrected chi connectivity index (χ0v) is 5.41. The highest BCUT2D eigenvalue weighted by molar-refractivity contribution is 5.41. The van der Waals surface area contributed by atoms with Gasteiger partial charge in [0.2, 0.25) is 5.95 Å². The van der Waals surface area contributed by atoms with Gasteiger partial charge >= 0.3 is 0 Å². The van der Waals surface area contributed by atoms with Crippen LogP contribution in [0.25, 0.3) is 6.08 Å². The molecule has 54 valence electrons. The molecule has 5 heteroatoms. The Labute approximate surface area is 58.1 Å². The zero-order valence-electron chi connectivity index (χ0n) is 5.41. The maximum atomic E-state index is 5.23. The molecule has 0 bridgehead atoms. The number of hydrogen-bond acceptors (Lipinski definition) is 4. The fraction of sp³-hybridized carbons (Fsp3) is 0.200. The Hall–Kier alpha value is -1.36. The Morgan fingerprint density at radius 2 is 2.40 bits per heavy atom. The van der Waals surface area contributed by atoms with E-state index in [0.29, 0.717) is 12.4 Å². The highest BCUT2D eigenvalue weighted by atomic mass is 15.3. The van der Waals surface area contributed by atoms with E-state index >= 15 is 0 Å². The molecular weight excluding hydrogens is 130 g/mol. The molecule has 0 fully saturated rings. The molecule has 0 saturated heterocycles. The molecule has 5 N–H and O–H groups in total. The lowest BCUT2D eigenvalue weighted by Crippen LogP contribution is -1.92. The van der Waals surface area contributed by atoms with E-state index < -0.39 is 0 Å². The van der Waals surface area contributed by atoms with Gasteiger partial charge in [0.25, 0.3) is 0 Å². The summed E-state index contributed by atoms with van der Waals surface area (Å²) in [6.07, 6.45) is 3.49. The van der Waals surface area contributed by atoms with Gasteiger partial charge in [-0.3, -0.25) is 5.10 Å². The van der Waals surface area contributed by atoms with E-state index in [1.165, 1.54) is 0 Å². The van der Waals surface area contributed by atoms with E-state index in [2.05, 4.69) is 15.2 Å². The molecule has 1 aromatic heterocycles. The topological polar surface area (TPSA) is 93.6 Å². The lowest BCUT2D eigenvalue weighted by molar-refractivity contribution is 1.08. The molecule has 0 aliphatic heterocycles. The molecule has 0 amide bonds.